The molecule has 1 N–H and O–H groups in total. The number of rotatable bonds is 6. The minimum atomic E-state index is -0.268. The van der Waals surface area contributed by atoms with Crippen molar-refractivity contribution in [1.29, 1.82) is 0 Å². The van der Waals surface area contributed by atoms with Crippen LogP contribution < -0.4 is 10.1 Å². The van der Waals surface area contributed by atoms with Crippen molar-refractivity contribution >= 4 is 16.9 Å². The molecule has 0 bridgehead atoms. The van der Waals surface area contributed by atoms with Gasteiger partial charge in [-0.15, -0.1) is 0 Å². The van der Waals surface area contributed by atoms with E-state index in [1.807, 2.05) is 11.7 Å². The molecule has 0 saturated carbocycles. The molecule has 6 nitrogen and oxygen atoms in total. The fourth-order valence-electron chi connectivity index (χ4n) is 2.19. The number of nitrogens with one attached hydrogen (secondary N) is 1. The van der Waals surface area contributed by atoms with Crippen LogP contribution in [0.1, 0.15) is 6.42 Å². The Morgan fingerprint density at radius 1 is 1.23 bits per heavy atom. The molecule has 0 radical (unpaired) electrons. The molecule has 1 aromatic carbocycles. The van der Waals surface area contributed by atoms with Crippen LogP contribution in [-0.2, 0) is 6.54 Å². The summed E-state index contributed by atoms with van der Waals surface area (Å²) < 4.78 is 20.2. The lowest BCUT2D eigenvalue weighted by Gasteiger charge is -2.07. The third kappa shape index (κ3) is 2.98. The van der Waals surface area contributed by atoms with Crippen LogP contribution in [0.5, 0.6) is 5.75 Å². The van der Waals surface area contributed by atoms with Gasteiger partial charge in [0.15, 0.2) is 5.65 Å². The standard InChI is InChI=1S/C15H16FN5O/c1-17-14-13-9-20-21(15(13)19-10-18-14)7-2-8-22-12-5-3-11(16)4-6-12/h3-6,9-10H,2,7-8H2,1H3,(H,17,18,19). The number of ether oxygens (including phenoxy) is 1. The van der Waals surface area contributed by atoms with Gasteiger partial charge in [-0.25, -0.2) is 19.0 Å². The molecule has 0 aliphatic carbocycles. The first kappa shape index (κ1) is 14.2. The maximum absolute atomic E-state index is 12.8. The highest BCUT2D eigenvalue weighted by atomic mass is 19.1. The second-order valence-electron chi connectivity index (χ2n) is 4.73. The van der Waals surface area contributed by atoms with Crippen molar-refractivity contribution in [3.63, 3.8) is 0 Å². The summed E-state index contributed by atoms with van der Waals surface area (Å²) in [6.07, 6.45) is 4.04. The van der Waals surface area contributed by atoms with Crippen molar-refractivity contribution in [1.82, 2.24) is 19.7 Å². The Labute approximate surface area is 127 Å². The van der Waals surface area contributed by atoms with Gasteiger partial charge in [0.05, 0.1) is 18.2 Å². The van der Waals surface area contributed by atoms with Gasteiger partial charge >= 0.3 is 0 Å². The van der Waals surface area contributed by atoms with Gasteiger partial charge in [0.25, 0.3) is 0 Å². The lowest BCUT2D eigenvalue weighted by atomic mass is 10.3. The molecule has 2 aromatic heterocycles. The van der Waals surface area contributed by atoms with E-state index in [-0.39, 0.29) is 5.82 Å². The third-order valence-electron chi connectivity index (χ3n) is 3.27. The van der Waals surface area contributed by atoms with Gasteiger partial charge in [0.1, 0.15) is 23.7 Å². The van der Waals surface area contributed by atoms with Gasteiger partial charge in [0.2, 0.25) is 0 Å². The summed E-state index contributed by atoms with van der Waals surface area (Å²) in [6.45, 7) is 1.21. The summed E-state index contributed by atoms with van der Waals surface area (Å²) in [4.78, 5) is 8.41. The van der Waals surface area contributed by atoms with E-state index in [2.05, 4.69) is 20.4 Å². The molecule has 7 heteroatoms. The zero-order chi connectivity index (χ0) is 15.4. The predicted octanol–water partition coefficient (Wildman–Crippen LogP) is 2.48. The second kappa shape index (κ2) is 6.38. The highest BCUT2D eigenvalue weighted by Crippen LogP contribution is 2.18. The summed E-state index contributed by atoms with van der Waals surface area (Å²) in [5.41, 5.74) is 0.793. The maximum atomic E-state index is 12.8. The second-order valence-corrected chi connectivity index (χ2v) is 4.73. The van der Waals surface area contributed by atoms with E-state index in [4.69, 9.17) is 4.74 Å². The Morgan fingerprint density at radius 2 is 2.05 bits per heavy atom. The van der Waals surface area contributed by atoms with Crippen molar-refractivity contribution in [3.8, 4) is 5.75 Å². The third-order valence-corrected chi connectivity index (χ3v) is 3.27. The summed E-state index contributed by atoms with van der Waals surface area (Å²) in [5.74, 6) is 1.15. The van der Waals surface area contributed by atoms with Crippen LogP contribution in [0.15, 0.2) is 36.8 Å². The SMILES string of the molecule is CNc1ncnc2c1cnn2CCCOc1ccc(F)cc1. The van der Waals surface area contributed by atoms with E-state index in [1.165, 1.54) is 18.5 Å². The zero-order valence-corrected chi connectivity index (χ0v) is 12.2. The van der Waals surface area contributed by atoms with Crippen LogP contribution in [0, 0.1) is 5.82 Å². The van der Waals surface area contributed by atoms with Crippen molar-refractivity contribution in [2.45, 2.75) is 13.0 Å². The first-order valence-electron chi connectivity index (χ1n) is 7.00. The van der Waals surface area contributed by atoms with Crippen LogP contribution in [0.25, 0.3) is 11.0 Å². The van der Waals surface area contributed by atoms with Gasteiger partial charge in [-0.2, -0.15) is 5.10 Å². The molecule has 0 atom stereocenters. The minimum Gasteiger partial charge on any atom is -0.494 e. The minimum absolute atomic E-state index is 0.268. The highest BCUT2D eigenvalue weighted by molar-refractivity contribution is 5.85. The summed E-state index contributed by atoms with van der Waals surface area (Å²) in [7, 11) is 1.82. The first-order valence-corrected chi connectivity index (χ1v) is 7.00. The van der Waals surface area contributed by atoms with Gasteiger partial charge in [-0.05, 0) is 24.3 Å². The van der Waals surface area contributed by atoms with Crippen molar-refractivity contribution in [2.24, 2.45) is 0 Å². The van der Waals surface area contributed by atoms with Crippen LogP contribution in [0.4, 0.5) is 10.2 Å². The normalized spacial score (nSPS) is 10.8. The molecule has 22 heavy (non-hydrogen) atoms. The molecule has 2 heterocycles. The molecule has 0 spiro atoms. The number of hydrogen-bond acceptors (Lipinski definition) is 5. The van der Waals surface area contributed by atoms with Crippen LogP contribution in [-0.4, -0.2) is 33.4 Å². The van der Waals surface area contributed by atoms with Crippen LogP contribution >= 0.6 is 0 Å². The number of halogens is 1. The number of fused-ring (bicyclic) bond motifs is 1. The van der Waals surface area contributed by atoms with Gasteiger partial charge in [-0.1, -0.05) is 0 Å². The van der Waals surface area contributed by atoms with Gasteiger partial charge in [0, 0.05) is 20.0 Å². The monoisotopic (exact) mass is 301 g/mol. The number of nitrogens with zero attached hydrogens (tertiary/aromatic N) is 4. The Morgan fingerprint density at radius 3 is 2.82 bits per heavy atom. The lowest BCUT2D eigenvalue weighted by molar-refractivity contribution is 0.299. The van der Waals surface area contributed by atoms with E-state index in [0.29, 0.717) is 18.9 Å². The van der Waals surface area contributed by atoms with Crippen molar-refractivity contribution < 1.29 is 9.13 Å². The molecular weight excluding hydrogens is 285 g/mol. The summed E-state index contributed by atoms with van der Waals surface area (Å²) >= 11 is 0. The molecule has 0 aliphatic heterocycles. The molecular formula is C15H16FN5O. The van der Waals surface area contributed by atoms with Gasteiger partial charge in [-0.3, -0.25) is 0 Å². The molecule has 3 aromatic rings. The quantitative estimate of drug-likeness (QED) is 0.709. The molecule has 0 fully saturated rings. The lowest BCUT2D eigenvalue weighted by Crippen LogP contribution is -2.06. The molecule has 0 aliphatic rings. The van der Waals surface area contributed by atoms with Crippen molar-refractivity contribution in [3.05, 3.63) is 42.6 Å². The number of benzene rings is 1. The van der Waals surface area contributed by atoms with Crippen molar-refractivity contribution in [2.75, 3.05) is 19.0 Å². The number of aromatic nitrogens is 4. The summed E-state index contributed by atoms with van der Waals surface area (Å²) in [6, 6.07) is 6.00. The fourth-order valence-corrected chi connectivity index (χ4v) is 2.19. The van der Waals surface area contributed by atoms with E-state index in [0.717, 1.165) is 23.3 Å². The van der Waals surface area contributed by atoms with E-state index < -0.39 is 0 Å². The van der Waals surface area contributed by atoms with Crippen LogP contribution in [0.2, 0.25) is 0 Å². The largest absolute Gasteiger partial charge is 0.494 e. The zero-order valence-electron chi connectivity index (χ0n) is 12.2. The Balaban J connectivity index is 1.59. The molecule has 0 unspecified atom stereocenters. The smallest absolute Gasteiger partial charge is 0.163 e. The van der Waals surface area contributed by atoms with Gasteiger partial charge < -0.3 is 10.1 Å². The Kier molecular flexibility index (Phi) is 4.13. The van der Waals surface area contributed by atoms with E-state index in [9.17, 15) is 4.39 Å². The highest BCUT2D eigenvalue weighted by Gasteiger charge is 2.08. The Bertz CT molecular complexity index is 756. The van der Waals surface area contributed by atoms with E-state index >= 15 is 0 Å². The average Bonchev–Trinajstić information content (AvgIpc) is 2.96. The fraction of sp³-hybridized carbons (Fsp3) is 0.267. The van der Waals surface area contributed by atoms with E-state index in [1.54, 1.807) is 18.3 Å². The number of anilines is 1. The summed E-state index contributed by atoms with van der Waals surface area (Å²) in [5, 5.41) is 8.24. The molecule has 0 saturated heterocycles. The molecule has 0 amide bonds. The molecule has 3 rings (SSSR count). The average molecular weight is 301 g/mol. The maximum Gasteiger partial charge on any atom is 0.163 e. The Hall–Kier alpha value is -2.70. The van der Waals surface area contributed by atoms with Crippen LogP contribution in [0.3, 0.4) is 0 Å². The number of aryl methyl sites for hydroxylation is 1. The number of hydrogen-bond donors (Lipinski definition) is 1. The first-order chi connectivity index (χ1) is 10.8. The predicted molar refractivity (Wildman–Crippen MR) is 81.4 cm³/mol. The topological polar surface area (TPSA) is 64.9 Å². The molecule has 114 valence electrons.